The maximum absolute atomic E-state index is 4.39. The van der Waals surface area contributed by atoms with E-state index in [4.69, 9.17) is 0 Å². The van der Waals surface area contributed by atoms with Crippen molar-refractivity contribution >= 4 is 29.9 Å². The molecule has 0 radical (unpaired) electrons. The van der Waals surface area contributed by atoms with Crippen LogP contribution in [0.5, 0.6) is 0 Å². The Balaban J connectivity index is 0.00000289. The lowest BCUT2D eigenvalue weighted by molar-refractivity contribution is 0.251. The first-order valence-electron chi connectivity index (χ1n) is 11.1. The highest BCUT2D eigenvalue weighted by Crippen LogP contribution is 2.18. The number of halogens is 1. The molecule has 0 saturated heterocycles. The average molecular weight is 544 g/mol. The van der Waals surface area contributed by atoms with E-state index >= 15 is 0 Å². The first-order valence-corrected chi connectivity index (χ1v) is 11.1. The van der Waals surface area contributed by atoms with Crippen molar-refractivity contribution in [2.45, 2.75) is 32.5 Å². The van der Waals surface area contributed by atoms with Crippen LogP contribution < -0.4 is 10.6 Å². The molecule has 32 heavy (non-hydrogen) atoms. The molecule has 2 heterocycles. The van der Waals surface area contributed by atoms with Crippen molar-refractivity contribution in [2.24, 2.45) is 4.99 Å². The van der Waals surface area contributed by atoms with Crippen LogP contribution in [0.15, 0.2) is 72.0 Å². The van der Waals surface area contributed by atoms with Crippen molar-refractivity contribution in [3.8, 4) is 0 Å². The van der Waals surface area contributed by atoms with E-state index in [1.165, 1.54) is 22.3 Å². The Morgan fingerprint density at radius 3 is 2.56 bits per heavy atom. The van der Waals surface area contributed by atoms with Crippen LogP contribution in [0.3, 0.4) is 0 Å². The van der Waals surface area contributed by atoms with E-state index < -0.39 is 0 Å². The molecule has 0 aliphatic carbocycles. The topological polar surface area (TPSA) is 57.5 Å². The van der Waals surface area contributed by atoms with Crippen LogP contribution in [0.1, 0.15) is 28.7 Å². The molecule has 6 nitrogen and oxygen atoms in total. The standard InChI is InChI=1S/C25H32N6.HI/c1-26-25(27-13-6-15-30-17-12-21-8-2-4-10-23(21)19-30)28-18-22-9-3-5-11-24(22)20-31-16-7-14-29-31;/h2-5,7-11,14,16H,6,12-13,15,17-20H2,1H3,(H2,26,27,28);1H. The zero-order chi connectivity index (χ0) is 21.3. The average Bonchev–Trinajstić information content (AvgIpc) is 3.32. The fraction of sp³-hybridized carbons (Fsp3) is 0.360. The third kappa shape index (κ3) is 6.80. The highest BCUT2D eigenvalue weighted by molar-refractivity contribution is 14.0. The molecule has 3 aromatic rings. The summed E-state index contributed by atoms with van der Waals surface area (Å²) in [6.07, 6.45) is 6.06. The van der Waals surface area contributed by atoms with Crippen LogP contribution in [-0.2, 0) is 26.1 Å². The normalized spacial score (nSPS) is 13.8. The van der Waals surface area contributed by atoms with Crippen molar-refractivity contribution in [1.29, 1.82) is 0 Å². The zero-order valence-corrected chi connectivity index (χ0v) is 21.0. The molecule has 0 fully saturated rings. The predicted molar refractivity (Wildman–Crippen MR) is 141 cm³/mol. The summed E-state index contributed by atoms with van der Waals surface area (Å²) in [5.74, 6) is 0.845. The summed E-state index contributed by atoms with van der Waals surface area (Å²) in [5, 5.41) is 11.2. The number of hydrogen-bond donors (Lipinski definition) is 2. The Kier molecular flexibility index (Phi) is 9.55. The maximum Gasteiger partial charge on any atom is 0.191 e. The Morgan fingerprint density at radius 2 is 1.78 bits per heavy atom. The Hall–Kier alpha value is -2.39. The quantitative estimate of drug-likeness (QED) is 0.197. The van der Waals surface area contributed by atoms with Gasteiger partial charge in [-0.25, -0.2) is 0 Å². The van der Waals surface area contributed by atoms with Crippen LogP contribution >= 0.6 is 24.0 Å². The van der Waals surface area contributed by atoms with Gasteiger partial charge in [0.15, 0.2) is 5.96 Å². The lowest BCUT2D eigenvalue weighted by Gasteiger charge is -2.28. The number of hydrogen-bond acceptors (Lipinski definition) is 3. The molecule has 1 aliphatic heterocycles. The third-order valence-corrected chi connectivity index (χ3v) is 5.83. The minimum absolute atomic E-state index is 0. The summed E-state index contributed by atoms with van der Waals surface area (Å²) >= 11 is 0. The van der Waals surface area contributed by atoms with E-state index in [1.54, 1.807) is 0 Å². The third-order valence-electron chi connectivity index (χ3n) is 5.83. The van der Waals surface area contributed by atoms with Crippen LogP contribution in [0, 0.1) is 0 Å². The Morgan fingerprint density at radius 1 is 1.00 bits per heavy atom. The molecule has 0 spiro atoms. The van der Waals surface area contributed by atoms with Gasteiger partial charge in [0.2, 0.25) is 0 Å². The molecule has 0 atom stereocenters. The number of rotatable bonds is 8. The number of aliphatic imine (C=N–C) groups is 1. The smallest absolute Gasteiger partial charge is 0.191 e. The van der Waals surface area contributed by atoms with Gasteiger partial charge >= 0.3 is 0 Å². The molecule has 1 aromatic heterocycles. The largest absolute Gasteiger partial charge is 0.356 e. The fourth-order valence-electron chi connectivity index (χ4n) is 4.11. The summed E-state index contributed by atoms with van der Waals surface area (Å²) in [7, 11) is 1.83. The predicted octanol–water partition coefficient (Wildman–Crippen LogP) is 3.66. The zero-order valence-electron chi connectivity index (χ0n) is 18.7. The molecule has 0 amide bonds. The summed E-state index contributed by atoms with van der Waals surface area (Å²) in [4.78, 5) is 6.93. The summed E-state index contributed by atoms with van der Waals surface area (Å²) < 4.78 is 1.95. The molecule has 7 heteroatoms. The van der Waals surface area contributed by atoms with E-state index in [0.29, 0.717) is 0 Å². The monoisotopic (exact) mass is 544 g/mol. The molecule has 0 saturated carbocycles. The first-order chi connectivity index (χ1) is 15.3. The summed E-state index contributed by atoms with van der Waals surface area (Å²) in [5.41, 5.74) is 5.51. The van der Waals surface area contributed by atoms with Gasteiger partial charge < -0.3 is 10.6 Å². The fourth-order valence-corrected chi connectivity index (χ4v) is 4.11. The lowest BCUT2D eigenvalue weighted by Crippen LogP contribution is -2.39. The molecule has 0 unspecified atom stereocenters. The van der Waals surface area contributed by atoms with Crippen LogP contribution in [0.25, 0.3) is 0 Å². The van der Waals surface area contributed by atoms with Crippen LogP contribution in [-0.4, -0.2) is 47.3 Å². The van der Waals surface area contributed by atoms with Gasteiger partial charge in [-0.15, -0.1) is 24.0 Å². The minimum atomic E-state index is 0. The second-order valence-corrected chi connectivity index (χ2v) is 7.97. The number of guanidine groups is 1. The Bertz CT molecular complexity index is 986. The highest BCUT2D eigenvalue weighted by Gasteiger charge is 2.14. The van der Waals surface area contributed by atoms with Crippen molar-refractivity contribution in [1.82, 2.24) is 25.3 Å². The van der Waals surface area contributed by atoms with E-state index in [-0.39, 0.29) is 24.0 Å². The summed E-state index contributed by atoms with van der Waals surface area (Å²) in [6.45, 7) is 5.74. The van der Waals surface area contributed by atoms with Crippen molar-refractivity contribution in [3.63, 3.8) is 0 Å². The second-order valence-electron chi connectivity index (χ2n) is 7.97. The number of nitrogens with one attached hydrogen (secondary N) is 2. The molecule has 0 bridgehead atoms. The van der Waals surface area contributed by atoms with Crippen molar-refractivity contribution in [3.05, 3.63) is 89.2 Å². The minimum Gasteiger partial charge on any atom is -0.356 e. The van der Waals surface area contributed by atoms with Gasteiger partial charge in [-0.2, -0.15) is 5.10 Å². The molecule has 4 rings (SSSR count). The summed E-state index contributed by atoms with van der Waals surface area (Å²) in [6, 6.07) is 19.2. The van der Waals surface area contributed by atoms with E-state index in [0.717, 1.165) is 58.1 Å². The second kappa shape index (κ2) is 12.6. The lowest BCUT2D eigenvalue weighted by atomic mass is 10.00. The van der Waals surface area contributed by atoms with Crippen LogP contribution in [0.4, 0.5) is 0 Å². The van der Waals surface area contributed by atoms with Gasteiger partial charge in [0, 0.05) is 52.2 Å². The highest BCUT2D eigenvalue weighted by atomic mass is 127. The van der Waals surface area contributed by atoms with E-state index in [1.807, 2.05) is 30.2 Å². The van der Waals surface area contributed by atoms with E-state index in [2.05, 4.69) is 74.2 Å². The Labute approximate surface area is 208 Å². The number of nitrogens with zero attached hydrogens (tertiary/aromatic N) is 4. The van der Waals surface area contributed by atoms with Gasteiger partial charge in [-0.3, -0.25) is 14.6 Å². The number of fused-ring (bicyclic) bond motifs is 1. The number of aromatic nitrogens is 2. The molecule has 170 valence electrons. The molecular formula is C25H33IN6. The van der Waals surface area contributed by atoms with Gasteiger partial charge in [0.25, 0.3) is 0 Å². The SMILES string of the molecule is CN=C(NCCCN1CCc2ccccc2C1)NCc1ccccc1Cn1cccn1.I. The molecular weight excluding hydrogens is 511 g/mol. The van der Waals surface area contributed by atoms with Crippen molar-refractivity contribution in [2.75, 3.05) is 26.7 Å². The molecule has 2 aromatic carbocycles. The van der Waals surface area contributed by atoms with Gasteiger partial charge in [0.05, 0.1) is 6.54 Å². The van der Waals surface area contributed by atoms with Gasteiger partial charge in [0.1, 0.15) is 0 Å². The van der Waals surface area contributed by atoms with E-state index in [9.17, 15) is 0 Å². The first kappa shape index (κ1) is 24.3. The molecule has 1 aliphatic rings. The van der Waals surface area contributed by atoms with Crippen LogP contribution in [0.2, 0.25) is 0 Å². The maximum atomic E-state index is 4.39. The van der Waals surface area contributed by atoms with Gasteiger partial charge in [-0.05, 0) is 41.2 Å². The van der Waals surface area contributed by atoms with Gasteiger partial charge in [-0.1, -0.05) is 48.5 Å². The number of benzene rings is 2. The molecule has 2 N–H and O–H groups in total. The van der Waals surface area contributed by atoms with Crippen molar-refractivity contribution < 1.29 is 0 Å².